The average Bonchev–Trinajstić information content (AvgIpc) is 2.53. The van der Waals surface area contributed by atoms with Gasteiger partial charge in [-0.2, -0.15) is 0 Å². The first-order valence-electron chi connectivity index (χ1n) is 8.15. The van der Waals surface area contributed by atoms with Crippen molar-refractivity contribution in [2.45, 2.75) is 56.5 Å². The summed E-state index contributed by atoms with van der Waals surface area (Å²) in [5.41, 5.74) is 0.817. The smallest absolute Gasteiger partial charge is 0.238 e. The number of nitrogens with two attached hydrogens (primary N) is 1. The molecule has 0 atom stereocenters. The summed E-state index contributed by atoms with van der Waals surface area (Å²) in [4.78, 5) is 4.68. The van der Waals surface area contributed by atoms with E-state index in [0.29, 0.717) is 12.6 Å². The van der Waals surface area contributed by atoms with Crippen molar-refractivity contribution in [2.75, 3.05) is 6.54 Å². The second-order valence-electron chi connectivity index (χ2n) is 5.87. The highest BCUT2D eigenvalue weighted by atomic mass is 127. The van der Waals surface area contributed by atoms with Crippen molar-refractivity contribution in [3.63, 3.8) is 0 Å². The summed E-state index contributed by atoms with van der Waals surface area (Å²) in [5, 5.41) is 11.9. The molecule has 0 unspecified atom stereocenters. The minimum atomic E-state index is -3.68. The zero-order valence-corrected chi connectivity index (χ0v) is 17.1. The maximum absolute atomic E-state index is 11.4. The van der Waals surface area contributed by atoms with Gasteiger partial charge in [0.05, 0.1) is 11.4 Å². The topological polar surface area (TPSA) is 96.6 Å². The highest BCUT2D eigenvalue weighted by molar-refractivity contribution is 14.0. The normalized spacial score (nSPS) is 16.3. The van der Waals surface area contributed by atoms with Crippen molar-refractivity contribution in [1.82, 2.24) is 10.6 Å². The van der Waals surface area contributed by atoms with Crippen LogP contribution < -0.4 is 15.8 Å². The Morgan fingerprint density at radius 3 is 2.62 bits per heavy atom. The Morgan fingerprint density at radius 1 is 1.29 bits per heavy atom. The van der Waals surface area contributed by atoms with Crippen molar-refractivity contribution in [3.8, 4) is 0 Å². The van der Waals surface area contributed by atoms with Gasteiger partial charge < -0.3 is 10.6 Å². The van der Waals surface area contributed by atoms with Gasteiger partial charge >= 0.3 is 0 Å². The van der Waals surface area contributed by atoms with Gasteiger partial charge in [0.2, 0.25) is 10.0 Å². The summed E-state index contributed by atoms with van der Waals surface area (Å²) < 4.78 is 22.8. The second-order valence-corrected chi connectivity index (χ2v) is 7.43. The number of sulfonamides is 1. The zero-order chi connectivity index (χ0) is 16.7. The van der Waals surface area contributed by atoms with Crippen LogP contribution in [0.2, 0.25) is 0 Å². The summed E-state index contributed by atoms with van der Waals surface area (Å²) in [6.45, 7) is 3.22. The van der Waals surface area contributed by atoms with E-state index in [4.69, 9.17) is 5.14 Å². The summed E-state index contributed by atoms with van der Waals surface area (Å²) in [6, 6.07) is 7.07. The van der Waals surface area contributed by atoms with Crippen LogP contribution in [0.1, 0.15) is 44.6 Å². The molecule has 2 rings (SSSR count). The molecule has 1 aromatic carbocycles. The van der Waals surface area contributed by atoms with E-state index in [1.807, 2.05) is 13.0 Å². The van der Waals surface area contributed by atoms with E-state index >= 15 is 0 Å². The minimum absolute atomic E-state index is 0. The van der Waals surface area contributed by atoms with Crippen molar-refractivity contribution < 1.29 is 8.42 Å². The Balaban J connectivity index is 0.00000288. The number of benzene rings is 1. The predicted octanol–water partition coefficient (Wildman–Crippen LogP) is 2.34. The quantitative estimate of drug-likeness (QED) is 0.353. The van der Waals surface area contributed by atoms with E-state index in [-0.39, 0.29) is 28.9 Å². The number of rotatable bonds is 5. The predicted molar refractivity (Wildman–Crippen MR) is 108 cm³/mol. The molecular formula is C16H27IN4O2S. The van der Waals surface area contributed by atoms with E-state index in [1.54, 1.807) is 12.1 Å². The van der Waals surface area contributed by atoms with Crippen LogP contribution in [-0.4, -0.2) is 27.0 Å². The number of guanidine groups is 1. The number of hydrogen-bond acceptors (Lipinski definition) is 3. The molecule has 0 heterocycles. The number of halogens is 1. The molecular weight excluding hydrogens is 439 g/mol. The van der Waals surface area contributed by atoms with Gasteiger partial charge in [-0.05, 0) is 37.5 Å². The molecule has 4 N–H and O–H groups in total. The Labute approximate surface area is 161 Å². The van der Waals surface area contributed by atoms with Crippen molar-refractivity contribution in [3.05, 3.63) is 29.8 Å². The largest absolute Gasteiger partial charge is 0.357 e. The van der Waals surface area contributed by atoms with Gasteiger partial charge in [-0.1, -0.05) is 31.4 Å². The third-order valence-corrected chi connectivity index (χ3v) is 4.85. The number of hydrogen-bond donors (Lipinski definition) is 3. The molecule has 1 fully saturated rings. The molecule has 1 aliphatic carbocycles. The van der Waals surface area contributed by atoms with Crippen LogP contribution in [0.3, 0.4) is 0 Å². The lowest BCUT2D eigenvalue weighted by atomic mass is 9.96. The maximum Gasteiger partial charge on any atom is 0.238 e. The zero-order valence-electron chi connectivity index (χ0n) is 14.0. The van der Waals surface area contributed by atoms with Crippen LogP contribution in [0, 0.1) is 0 Å². The van der Waals surface area contributed by atoms with Crippen LogP contribution >= 0.6 is 24.0 Å². The van der Waals surface area contributed by atoms with Gasteiger partial charge in [0, 0.05) is 12.6 Å². The molecule has 0 radical (unpaired) electrons. The highest BCUT2D eigenvalue weighted by Crippen LogP contribution is 2.17. The van der Waals surface area contributed by atoms with E-state index in [2.05, 4.69) is 15.6 Å². The molecule has 0 aromatic heterocycles. The first-order valence-corrected chi connectivity index (χ1v) is 9.70. The van der Waals surface area contributed by atoms with Gasteiger partial charge in [0.15, 0.2) is 5.96 Å². The Kier molecular flexibility index (Phi) is 8.99. The van der Waals surface area contributed by atoms with Gasteiger partial charge in [0.1, 0.15) is 0 Å². The lowest BCUT2D eigenvalue weighted by Gasteiger charge is -2.24. The monoisotopic (exact) mass is 466 g/mol. The number of nitrogens with zero attached hydrogens (tertiary/aromatic N) is 1. The third-order valence-electron chi connectivity index (χ3n) is 3.94. The van der Waals surface area contributed by atoms with E-state index in [1.165, 1.54) is 38.2 Å². The fourth-order valence-corrected chi connectivity index (χ4v) is 3.34. The van der Waals surface area contributed by atoms with Crippen LogP contribution in [0.4, 0.5) is 0 Å². The summed E-state index contributed by atoms with van der Waals surface area (Å²) in [5.74, 6) is 0.778. The number of aliphatic imine (C=N–C) groups is 1. The first kappa shape index (κ1) is 21.2. The SMILES string of the molecule is CCNC(=NCc1cccc(S(N)(=O)=O)c1)NC1CCCCC1.I. The van der Waals surface area contributed by atoms with Gasteiger partial charge in [0.25, 0.3) is 0 Å². The molecule has 1 aromatic rings. The number of primary sulfonamides is 1. The van der Waals surface area contributed by atoms with Crippen LogP contribution in [0.15, 0.2) is 34.2 Å². The molecule has 0 aliphatic heterocycles. The Hall–Kier alpha value is -0.870. The lowest BCUT2D eigenvalue weighted by molar-refractivity contribution is 0.410. The molecule has 8 heteroatoms. The standard InChI is InChI=1S/C16H26N4O2S.HI/c1-2-18-16(20-14-8-4-3-5-9-14)19-12-13-7-6-10-15(11-13)23(17,21)22;/h6-7,10-11,14H,2-5,8-9,12H2,1H3,(H2,17,21,22)(H2,18,19,20);1H. The highest BCUT2D eigenvalue weighted by Gasteiger charge is 2.14. The first-order chi connectivity index (χ1) is 11.0. The molecule has 1 saturated carbocycles. The average molecular weight is 466 g/mol. The third kappa shape index (κ3) is 6.94. The van der Waals surface area contributed by atoms with E-state index in [0.717, 1.165) is 18.1 Å². The molecule has 0 bridgehead atoms. The van der Waals surface area contributed by atoms with Crippen molar-refractivity contribution >= 4 is 40.0 Å². The molecule has 24 heavy (non-hydrogen) atoms. The molecule has 0 amide bonds. The van der Waals surface area contributed by atoms with Crippen LogP contribution in [0.25, 0.3) is 0 Å². The fourth-order valence-electron chi connectivity index (χ4n) is 2.75. The maximum atomic E-state index is 11.4. The number of nitrogens with one attached hydrogen (secondary N) is 2. The lowest BCUT2D eigenvalue weighted by Crippen LogP contribution is -2.44. The Morgan fingerprint density at radius 2 is 2.00 bits per heavy atom. The van der Waals surface area contributed by atoms with E-state index < -0.39 is 10.0 Å². The van der Waals surface area contributed by atoms with Gasteiger partial charge in [-0.25, -0.2) is 18.5 Å². The van der Waals surface area contributed by atoms with Crippen molar-refractivity contribution in [1.29, 1.82) is 0 Å². The molecule has 6 nitrogen and oxygen atoms in total. The van der Waals surface area contributed by atoms with E-state index in [9.17, 15) is 8.42 Å². The summed E-state index contributed by atoms with van der Waals surface area (Å²) in [6.07, 6.45) is 6.17. The molecule has 0 saturated heterocycles. The molecule has 0 spiro atoms. The van der Waals surface area contributed by atoms with Crippen LogP contribution in [-0.2, 0) is 16.6 Å². The van der Waals surface area contributed by atoms with Gasteiger partial charge in [-0.15, -0.1) is 24.0 Å². The van der Waals surface area contributed by atoms with Crippen molar-refractivity contribution in [2.24, 2.45) is 10.1 Å². The molecule has 136 valence electrons. The Bertz CT molecular complexity index is 643. The minimum Gasteiger partial charge on any atom is -0.357 e. The summed E-state index contributed by atoms with van der Waals surface area (Å²) >= 11 is 0. The van der Waals surface area contributed by atoms with Crippen LogP contribution in [0.5, 0.6) is 0 Å². The summed E-state index contributed by atoms with van der Waals surface area (Å²) in [7, 11) is -3.68. The van der Waals surface area contributed by atoms with Gasteiger partial charge in [-0.3, -0.25) is 0 Å². The fraction of sp³-hybridized carbons (Fsp3) is 0.562. The molecule has 1 aliphatic rings. The second kappa shape index (κ2) is 10.2.